The second-order valence-corrected chi connectivity index (χ2v) is 13.5. The Morgan fingerprint density at radius 2 is 1.71 bits per heavy atom. The van der Waals surface area contributed by atoms with Gasteiger partial charge < -0.3 is 15.5 Å². The SMILES string of the molecule is CC(=O)c1nn2c3c(cc(-c4cnc(C)nc4)cc13)CCCCCCC(=O)NC[C@]1(F)C[C@@H](C(=O)Nc3nc(C(F)(F)F)ccc3C)N(C1)C(=O)C2. The molecule has 2 aliphatic rings. The van der Waals surface area contributed by atoms with Crippen molar-refractivity contribution in [1.29, 1.82) is 0 Å². The molecule has 52 heavy (non-hydrogen) atoms. The molecule has 2 bridgehead atoms. The topological polar surface area (TPSA) is 152 Å². The molecule has 4 aromatic rings. The number of halogens is 4. The minimum atomic E-state index is -4.78. The molecule has 1 aromatic carbocycles. The first kappa shape index (κ1) is 36.5. The van der Waals surface area contributed by atoms with Crippen LogP contribution in [0.2, 0.25) is 0 Å². The van der Waals surface area contributed by atoms with Crippen LogP contribution in [-0.4, -0.2) is 77.9 Å². The lowest BCUT2D eigenvalue weighted by molar-refractivity contribution is -0.141. The Morgan fingerprint density at radius 3 is 2.40 bits per heavy atom. The van der Waals surface area contributed by atoms with Crippen LogP contribution in [0.3, 0.4) is 0 Å². The first-order chi connectivity index (χ1) is 24.6. The van der Waals surface area contributed by atoms with Gasteiger partial charge in [0, 0.05) is 43.1 Å². The van der Waals surface area contributed by atoms with Crippen LogP contribution in [0.5, 0.6) is 0 Å². The number of hydrogen-bond acceptors (Lipinski definition) is 8. The van der Waals surface area contributed by atoms with E-state index in [1.165, 1.54) is 18.5 Å². The number of nitrogens with one attached hydrogen (secondary N) is 2. The van der Waals surface area contributed by atoms with Crippen molar-refractivity contribution in [2.45, 2.75) is 90.1 Å². The summed E-state index contributed by atoms with van der Waals surface area (Å²) in [7, 11) is 0. The second kappa shape index (κ2) is 14.4. The van der Waals surface area contributed by atoms with E-state index in [0.717, 1.165) is 47.4 Å². The average molecular weight is 723 g/mol. The average Bonchev–Trinajstić information content (AvgIpc) is 3.64. The zero-order valence-electron chi connectivity index (χ0n) is 28.9. The highest BCUT2D eigenvalue weighted by molar-refractivity contribution is 6.07. The third-order valence-corrected chi connectivity index (χ3v) is 9.50. The van der Waals surface area contributed by atoms with Crippen LogP contribution in [-0.2, 0) is 33.5 Å². The zero-order valence-corrected chi connectivity index (χ0v) is 28.9. The molecule has 1 fully saturated rings. The Morgan fingerprint density at radius 1 is 1.00 bits per heavy atom. The van der Waals surface area contributed by atoms with Gasteiger partial charge in [-0.2, -0.15) is 18.3 Å². The molecule has 5 heterocycles. The molecule has 0 aliphatic carbocycles. The molecule has 1 saturated heterocycles. The maximum Gasteiger partial charge on any atom is 0.433 e. The van der Waals surface area contributed by atoms with Gasteiger partial charge in [0.15, 0.2) is 5.78 Å². The predicted octanol–water partition coefficient (Wildman–Crippen LogP) is 5.30. The Hall–Kier alpha value is -5.28. The molecule has 2 atom stereocenters. The molecular formula is C36H38F4N8O4. The summed E-state index contributed by atoms with van der Waals surface area (Å²) in [5.74, 6) is -2.17. The number of carbonyl (C=O) groups excluding carboxylic acids is 4. The number of Topliss-reactive ketones (excluding diaryl/α,β-unsaturated/α-hetero) is 1. The van der Waals surface area contributed by atoms with Crippen LogP contribution in [0.25, 0.3) is 22.0 Å². The van der Waals surface area contributed by atoms with Gasteiger partial charge in [-0.25, -0.2) is 19.3 Å². The quantitative estimate of drug-likeness (QED) is 0.213. The lowest BCUT2D eigenvalue weighted by Crippen LogP contribution is -2.45. The number of aromatic nitrogens is 5. The van der Waals surface area contributed by atoms with Gasteiger partial charge in [0.1, 0.15) is 41.3 Å². The zero-order chi connectivity index (χ0) is 37.4. The number of rotatable bonds is 4. The summed E-state index contributed by atoms with van der Waals surface area (Å²) >= 11 is 0. The summed E-state index contributed by atoms with van der Waals surface area (Å²) < 4.78 is 58.2. The van der Waals surface area contributed by atoms with Gasteiger partial charge in [0.2, 0.25) is 17.7 Å². The molecule has 0 radical (unpaired) electrons. The predicted molar refractivity (Wildman–Crippen MR) is 182 cm³/mol. The minimum Gasteiger partial charge on any atom is -0.353 e. The van der Waals surface area contributed by atoms with Gasteiger partial charge in [-0.1, -0.05) is 18.9 Å². The summed E-state index contributed by atoms with van der Waals surface area (Å²) in [6.07, 6.45) is 1.56. The fraction of sp³-hybridized carbons (Fsp3) is 0.444. The van der Waals surface area contributed by atoms with Crippen molar-refractivity contribution in [3.05, 3.63) is 65.0 Å². The van der Waals surface area contributed by atoms with Crippen molar-refractivity contribution in [3.8, 4) is 11.1 Å². The Kier molecular flexibility index (Phi) is 10.1. The van der Waals surface area contributed by atoms with Crippen LogP contribution >= 0.6 is 0 Å². The third-order valence-electron chi connectivity index (χ3n) is 9.50. The Labute approximate surface area is 296 Å². The summed E-state index contributed by atoms with van der Waals surface area (Å²) in [5, 5.41) is 10.0. The van der Waals surface area contributed by atoms with Crippen molar-refractivity contribution >= 4 is 40.2 Å². The van der Waals surface area contributed by atoms with E-state index in [4.69, 9.17) is 0 Å². The van der Waals surface area contributed by atoms with Gasteiger partial charge >= 0.3 is 6.18 Å². The molecular weight excluding hydrogens is 684 g/mol. The van der Waals surface area contributed by atoms with E-state index < -0.39 is 61.5 Å². The largest absolute Gasteiger partial charge is 0.433 e. The standard InChI is InChI=1S/C36H38F4N8O4/c1-20-10-11-28(36(38,39)40)44-33(20)45-34(52)27-14-35(37)18-43-29(50)9-7-5-4-6-8-23-12-24(25-15-41-22(3)42-16-25)13-26-31(21(2)49)46-48(32(23)26)17-30(51)47(27)19-35/h10-13,15-16,27H,4-9,14,17-19H2,1-3H3,(H,43,50)(H,44,45,52)/t27-,35+/m0/s1. The maximum atomic E-state index is 16.5. The van der Waals surface area contributed by atoms with Crippen molar-refractivity contribution in [2.75, 3.05) is 18.4 Å². The summed E-state index contributed by atoms with van der Waals surface area (Å²) in [6.45, 7) is 3.05. The molecule has 274 valence electrons. The Bertz CT molecular complexity index is 2050. The highest BCUT2D eigenvalue weighted by atomic mass is 19.4. The number of alkyl halides is 4. The first-order valence-corrected chi connectivity index (χ1v) is 17.1. The smallest absolute Gasteiger partial charge is 0.353 e. The third kappa shape index (κ3) is 7.79. The normalized spacial score (nSPS) is 20.4. The van der Waals surface area contributed by atoms with E-state index in [-0.39, 0.29) is 35.2 Å². The maximum absolute atomic E-state index is 16.5. The van der Waals surface area contributed by atoms with Crippen LogP contribution in [0.1, 0.15) is 78.6 Å². The van der Waals surface area contributed by atoms with E-state index in [1.807, 2.05) is 6.07 Å². The molecule has 0 saturated carbocycles. The number of hydrogen-bond donors (Lipinski definition) is 2. The number of amides is 3. The van der Waals surface area contributed by atoms with Gasteiger partial charge in [0.25, 0.3) is 0 Å². The Balaban J connectivity index is 1.40. The van der Waals surface area contributed by atoms with Crippen LogP contribution in [0.4, 0.5) is 23.4 Å². The molecule has 2 N–H and O–H groups in total. The van der Waals surface area contributed by atoms with Gasteiger partial charge in [-0.15, -0.1) is 0 Å². The monoisotopic (exact) mass is 722 g/mol. The summed E-state index contributed by atoms with van der Waals surface area (Å²) in [4.78, 5) is 66.6. The summed E-state index contributed by atoms with van der Waals surface area (Å²) in [6, 6.07) is 4.19. The van der Waals surface area contributed by atoms with Crippen LogP contribution in [0, 0.1) is 13.8 Å². The number of fused-ring (bicyclic) bond motifs is 2. The molecule has 0 unspecified atom stereocenters. The van der Waals surface area contributed by atoms with E-state index in [0.29, 0.717) is 35.1 Å². The number of pyridine rings is 1. The van der Waals surface area contributed by atoms with Crippen molar-refractivity contribution in [2.24, 2.45) is 0 Å². The highest BCUT2D eigenvalue weighted by Crippen LogP contribution is 2.35. The fourth-order valence-corrected chi connectivity index (χ4v) is 6.77. The van der Waals surface area contributed by atoms with Crippen molar-refractivity contribution in [3.63, 3.8) is 0 Å². The van der Waals surface area contributed by atoms with Crippen molar-refractivity contribution < 1.29 is 36.7 Å². The fourth-order valence-electron chi connectivity index (χ4n) is 6.77. The van der Waals surface area contributed by atoms with E-state index >= 15 is 4.39 Å². The summed E-state index contributed by atoms with van der Waals surface area (Å²) in [5.41, 5.74) is -0.327. The molecule has 6 rings (SSSR count). The molecule has 3 amide bonds. The second-order valence-electron chi connectivity index (χ2n) is 13.5. The van der Waals surface area contributed by atoms with Gasteiger partial charge in [0.05, 0.1) is 18.6 Å². The number of carbonyl (C=O) groups is 4. The van der Waals surface area contributed by atoms with Crippen molar-refractivity contribution in [1.82, 2.24) is 34.9 Å². The minimum absolute atomic E-state index is 0.123. The molecule has 3 aromatic heterocycles. The number of benzene rings is 1. The molecule has 0 spiro atoms. The molecule has 16 heteroatoms. The highest BCUT2D eigenvalue weighted by Gasteiger charge is 2.50. The first-order valence-electron chi connectivity index (χ1n) is 17.1. The lowest BCUT2D eigenvalue weighted by Gasteiger charge is -2.24. The van der Waals surface area contributed by atoms with E-state index in [2.05, 4.69) is 30.7 Å². The number of aryl methyl sites for hydroxylation is 3. The van der Waals surface area contributed by atoms with E-state index in [9.17, 15) is 32.3 Å². The number of nitrogens with zero attached hydrogens (tertiary/aromatic N) is 6. The molecule has 12 nitrogen and oxygen atoms in total. The van der Waals surface area contributed by atoms with E-state index in [1.54, 1.807) is 25.4 Å². The molecule has 2 aliphatic heterocycles. The van der Waals surface area contributed by atoms with Gasteiger partial charge in [-0.05, 0) is 68.0 Å². The number of ketones is 1. The van der Waals surface area contributed by atoms with Crippen LogP contribution in [0.15, 0.2) is 36.7 Å². The number of anilines is 1. The van der Waals surface area contributed by atoms with Crippen LogP contribution < -0.4 is 10.6 Å². The van der Waals surface area contributed by atoms with Gasteiger partial charge in [-0.3, -0.25) is 23.9 Å². The lowest BCUT2D eigenvalue weighted by atomic mass is 9.96.